The standard InChI is InChI=1S/C22H25F2N7O2/c1-4-5-6-7-14(2)12-30-13-25-19(28-30)20(32)26-16-8-9-31-18(29(3)21(16)33)10-17(27-31)15-11-22(15,23)24/h4-7,10,13,15-16H,2,8-9,11-12H2,1,3H3,(H,26,32)/b5-4-,7-6-/t15-,16-/m0/s1. The quantitative estimate of drug-likeness (QED) is 0.644. The Balaban J connectivity index is 1.39. The fraction of sp³-hybridized carbons (Fsp3) is 0.409. The van der Waals surface area contributed by atoms with Gasteiger partial charge < -0.3 is 5.32 Å². The molecule has 2 aromatic heterocycles. The van der Waals surface area contributed by atoms with Gasteiger partial charge in [0.1, 0.15) is 18.2 Å². The zero-order chi connectivity index (χ0) is 23.8. The van der Waals surface area contributed by atoms with Gasteiger partial charge in [-0.25, -0.2) is 23.1 Å². The molecule has 11 heteroatoms. The summed E-state index contributed by atoms with van der Waals surface area (Å²) >= 11 is 0. The number of aromatic nitrogens is 5. The number of amides is 2. The van der Waals surface area contributed by atoms with Gasteiger partial charge in [-0.2, -0.15) is 5.10 Å². The van der Waals surface area contributed by atoms with E-state index in [9.17, 15) is 18.4 Å². The van der Waals surface area contributed by atoms with Crippen LogP contribution in [0.25, 0.3) is 0 Å². The maximum Gasteiger partial charge on any atom is 0.291 e. The number of anilines is 1. The first-order chi connectivity index (χ1) is 15.7. The van der Waals surface area contributed by atoms with Crippen LogP contribution in [-0.2, 0) is 17.9 Å². The van der Waals surface area contributed by atoms with Gasteiger partial charge in [0.05, 0.1) is 18.2 Å². The van der Waals surface area contributed by atoms with Gasteiger partial charge in [-0.05, 0) is 18.9 Å². The van der Waals surface area contributed by atoms with E-state index in [1.54, 1.807) is 0 Å². The number of halogens is 2. The molecular formula is C22H25F2N7O2. The van der Waals surface area contributed by atoms with E-state index in [0.29, 0.717) is 18.9 Å². The van der Waals surface area contributed by atoms with Gasteiger partial charge >= 0.3 is 0 Å². The summed E-state index contributed by atoms with van der Waals surface area (Å²) in [6.07, 6.45) is 8.92. The third-order valence-electron chi connectivity index (χ3n) is 5.61. The number of rotatable bonds is 7. The van der Waals surface area contributed by atoms with Crippen molar-refractivity contribution in [3.8, 4) is 0 Å². The van der Waals surface area contributed by atoms with E-state index in [1.165, 1.54) is 33.7 Å². The van der Waals surface area contributed by atoms with E-state index < -0.39 is 23.8 Å². The van der Waals surface area contributed by atoms with E-state index in [-0.39, 0.29) is 30.3 Å². The summed E-state index contributed by atoms with van der Waals surface area (Å²) in [4.78, 5) is 30.9. The number of alkyl halides is 2. The lowest BCUT2D eigenvalue weighted by Crippen LogP contribution is -2.47. The number of carbonyl (C=O) groups excluding carboxylic acids is 2. The smallest absolute Gasteiger partial charge is 0.291 e. The fourth-order valence-corrected chi connectivity index (χ4v) is 3.68. The zero-order valence-electron chi connectivity index (χ0n) is 18.4. The Morgan fingerprint density at radius 1 is 1.36 bits per heavy atom. The second-order valence-electron chi connectivity index (χ2n) is 8.19. The number of nitrogens with zero attached hydrogens (tertiary/aromatic N) is 6. The van der Waals surface area contributed by atoms with Crippen LogP contribution in [0, 0.1) is 0 Å². The van der Waals surface area contributed by atoms with Gasteiger partial charge in [-0.15, -0.1) is 5.10 Å². The number of aryl methyl sites for hydroxylation is 1. The summed E-state index contributed by atoms with van der Waals surface area (Å²) in [7, 11) is 1.54. The zero-order valence-corrected chi connectivity index (χ0v) is 18.4. The summed E-state index contributed by atoms with van der Waals surface area (Å²) in [5.41, 5.74) is 1.07. The summed E-state index contributed by atoms with van der Waals surface area (Å²) < 4.78 is 29.8. The highest BCUT2D eigenvalue weighted by atomic mass is 19.3. The van der Waals surface area contributed by atoms with Crippen molar-refractivity contribution in [3.63, 3.8) is 0 Å². The van der Waals surface area contributed by atoms with E-state index in [2.05, 4.69) is 27.1 Å². The number of hydrogen-bond acceptors (Lipinski definition) is 5. The normalized spacial score (nSPS) is 21.9. The van der Waals surface area contributed by atoms with Crippen LogP contribution in [0.4, 0.5) is 14.6 Å². The van der Waals surface area contributed by atoms with Crippen molar-refractivity contribution in [1.29, 1.82) is 0 Å². The van der Waals surface area contributed by atoms with Crippen LogP contribution >= 0.6 is 0 Å². The molecule has 0 bridgehead atoms. The number of nitrogens with one attached hydrogen (secondary N) is 1. The van der Waals surface area contributed by atoms with Crippen molar-refractivity contribution >= 4 is 17.6 Å². The van der Waals surface area contributed by atoms with Gasteiger partial charge in [-0.3, -0.25) is 14.5 Å². The molecule has 1 aliphatic heterocycles. The molecule has 1 N–H and O–H groups in total. The summed E-state index contributed by atoms with van der Waals surface area (Å²) in [5.74, 6) is -4.19. The maximum absolute atomic E-state index is 13.4. The molecule has 1 saturated carbocycles. The molecule has 2 aliphatic rings. The average molecular weight is 457 g/mol. The molecule has 33 heavy (non-hydrogen) atoms. The lowest BCUT2D eigenvalue weighted by molar-refractivity contribution is -0.120. The second kappa shape index (κ2) is 8.72. The van der Waals surface area contributed by atoms with Crippen molar-refractivity contribution in [1.82, 2.24) is 29.9 Å². The van der Waals surface area contributed by atoms with Crippen molar-refractivity contribution in [2.45, 2.75) is 50.7 Å². The largest absolute Gasteiger partial charge is 0.337 e. The summed E-state index contributed by atoms with van der Waals surface area (Å²) in [6.45, 7) is 6.51. The van der Waals surface area contributed by atoms with Crippen LogP contribution < -0.4 is 10.2 Å². The molecule has 2 aromatic rings. The molecule has 0 saturated heterocycles. The molecule has 0 unspecified atom stereocenters. The maximum atomic E-state index is 13.4. The lowest BCUT2D eigenvalue weighted by Gasteiger charge is -2.19. The predicted molar refractivity (Wildman–Crippen MR) is 117 cm³/mol. The molecule has 4 rings (SSSR count). The van der Waals surface area contributed by atoms with Crippen LogP contribution in [0.3, 0.4) is 0 Å². The van der Waals surface area contributed by atoms with E-state index in [1.807, 2.05) is 31.2 Å². The third-order valence-corrected chi connectivity index (χ3v) is 5.61. The third kappa shape index (κ3) is 4.76. The summed E-state index contributed by atoms with van der Waals surface area (Å²) in [6, 6.07) is 0.704. The number of likely N-dealkylation sites (N-methyl/N-ethyl adjacent to an activating group) is 1. The van der Waals surface area contributed by atoms with Crippen molar-refractivity contribution in [2.75, 3.05) is 11.9 Å². The van der Waals surface area contributed by atoms with Crippen molar-refractivity contribution in [2.24, 2.45) is 0 Å². The first-order valence-corrected chi connectivity index (χ1v) is 10.6. The molecule has 174 valence electrons. The van der Waals surface area contributed by atoms with Crippen LogP contribution in [0.15, 0.2) is 48.8 Å². The van der Waals surface area contributed by atoms with Gasteiger partial charge in [0.2, 0.25) is 5.82 Å². The number of hydrogen-bond donors (Lipinski definition) is 1. The Labute approximate surface area is 189 Å². The Morgan fingerprint density at radius 3 is 2.82 bits per heavy atom. The molecular weight excluding hydrogens is 432 g/mol. The molecule has 1 aliphatic carbocycles. The number of allylic oxidation sites excluding steroid dienone is 5. The number of carbonyl (C=O) groups is 2. The van der Waals surface area contributed by atoms with Crippen molar-refractivity contribution < 1.29 is 18.4 Å². The fourth-order valence-electron chi connectivity index (χ4n) is 3.68. The van der Waals surface area contributed by atoms with E-state index in [4.69, 9.17) is 0 Å². The van der Waals surface area contributed by atoms with Crippen LogP contribution in [0.2, 0.25) is 0 Å². The predicted octanol–water partition coefficient (Wildman–Crippen LogP) is 2.45. The minimum atomic E-state index is -2.73. The van der Waals surface area contributed by atoms with Gasteiger partial charge in [0.15, 0.2) is 0 Å². The van der Waals surface area contributed by atoms with Gasteiger partial charge in [0.25, 0.3) is 17.7 Å². The SMILES string of the molecule is C=C(/C=C\C=C/C)Cn1cnc(C(=O)N[C@H]2CCn3nc([C@@H]4CC4(F)F)cc3N(C)C2=O)n1. The molecule has 0 spiro atoms. The topological polar surface area (TPSA) is 97.9 Å². The van der Waals surface area contributed by atoms with Crippen LogP contribution in [-0.4, -0.2) is 55.4 Å². The lowest BCUT2D eigenvalue weighted by atomic mass is 10.2. The monoisotopic (exact) mass is 457 g/mol. The van der Waals surface area contributed by atoms with E-state index >= 15 is 0 Å². The second-order valence-corrected chi connectivity index (χ2v) is 8.19. The van der Waals surface area contributed by atoms with E-state index in [0.717, 1.165) is 5.57 Å². The molecule has 2 atom stereocenters. The first kappa shape index (κ1) is 22.6. The van der Waals surface area contributed by atoms with Crippen molar-refractivity contribution in [3.05, 3.63) is 60.4 Å². The van der Waals surface area contributed by atoms with Crippen LogP contribution in [0.5, 0.6) is 0 Å². The Bertz CT molecular complexity index is 1150. The minimum Gasteiger partial charge on any atom is -0.337 e. The molecule has 3 heterocycles. The van der Waals surface area contributed by atoms with Gasteiger partial charge in [-0.1, -0.05) is 30.9 Å². The highest BCUT2D eigenvalue weighted by Gasteiger charge is 2.59. The Kier molecular flexibility index (Phi) is 5.96. The molecule has 9 nitrogen and oxygen atoms in total. The molecule has 2 amide bonds. The Hall–Kier alpha value is -3.63. The molecule has 0 aromatic carbocycles. The highest BCUT2D eigenvalue weighted by Crippen LogP contribution is 2.55. The molecule has 1 fully saturated rings. The molecule has 0 radical (unpaired) electrons. The summed E-state index contributed by atoms with van der Waals surface area (Å²) in [5, 5.41) is 11.1. The number of fused-ring (bicyclic) bond motifs is 1. The average Bonchev–Trinajstić information content (AvgIpc) is 3.11. The minimum absolute atomic E-state index is 0.0593. The first-order valence-electron chi connectivity index (χ1n) is 10.6. The van der Waals surface area contributed by atoms with Gasteiger partial charge in [0, 0.05) is 26.1 Å². The highest BCUT2D eigenvalue weighted by molar-refractivity contribution is 6.00. The van der Waals surface area contributed by atoms with Crippen LogP contribution in [0.1, 0.15) is 42.0 Å². The Morgan fingerprint density at radius 2 is 2.12 bits per heavy atom.